The fourth-order valence-corrected chi connectivity index (χ4v) is 3.37. The standard InChI is InChI=1S/C17H18N2OS/c1-3-19(14-6-4-5-13(2)11-14)17(20)12-18-9-7-16-15(18)8-10-21-16/h4-11H,3,12H2,1-2H3. The van der Waals surface area contributed by atoms with E-state index in [1.807, 2.05) is 47.7 Å². The van der Waals surface area contributed by atoms with Crippen molar-refractivity contribution in [1.29, 1.82) is 0 Å². The highest BCUT2D eigenvalue weighted by Gasteiger charge is 2.15. The minimum atomic E-state index is 0.117. The molecule has 0 aliphatic rings. The van der Waals surface area contributed by atoms with Crippen molar-refractivity contribution < 1.29 is 4.79 Å². The second kappa shape index (κ2) is 5.74. The molecule has 108 valence electrons. The summed E-state index contributed by atoms with van der Waals surface area (Å²) in [6.07, 6.45) is 1.99. The lowest BCUT2D eigenvalue weighted by Gasteiger charge is -2.22. The summed E-state index contributed by atoms with van der Waals surface area (Å²) in [6.45, 7) is 5.11. The third-order valence-corrected chi connectivity index (χ3v) is 4.50. The van der Waals surface area contributed by atoms with Gasteiger partial charge in [0, 0.05) is 18.4 Å². The average molecular weight is 298 g/mol. The van der Waals surface area contributed by atoms with E-state index < -0.39 is 0 Å². The van der Waals surface area contributed by atoms with Crippen molar-refractivity contribution in [1.82, 2.24) is 4.57 Å². The second-order valence-electron chi connectivity index (χ2n) is 5.09. The van der Waals surface area contributed by atoms with Crippen LogP contribution in [0.3, 0.4) is 0 Å². The van der Waals surface area contributed by atoms with Crippen LogP contribution in [0.5, 0.6) is 0 Å². The predicted octanol–water partition coefficient (Wildman–Crippen LogP) is 4.06. The first-order valence-electron chi connectivity index (χ1n) is 7.08. The lowest BCUT2D eigenvalue weighted by molar-refractivity contribution is -0.119. The summed E-state index contributed by atoms with van der Waals surface area (Å²) >= 11 is 1.70. The van der Waals surface area contributed by atoms with Crippen LogP contribution < -0.4 is 4.90 Å². The number of likely N-dealkylation sites (N-methyl/N-ethyl adjacent to an activating group) is 1. The molecule has 3 aromatic rings. The van der Waals surface area contributed by atoms with Gasteiger partial charge in [-0.05, 0) is 49.1 Å². The van der Waals surface area contributed by atoms with Crippen LogP contribution >= 0.6 is 11.3 Å². The number of nitrogens with zero attached hydrogens (tertiary/aromatic N) is 2. The lowest BCUT2D eigenvalue weighted by Crippen LogP contribution is -2.33. The highest BCUT2D eigenvalue weighted by molar-refractivity contribution is 7.17. The van der Waals surface area contributed by atoms with Gasteiger partial charge in [0.05, 0.1) is 10.2 Å². The molecule has 0 N–H and O–H groups in total. The van der Waals surface area contributed by atoms with Gasteiger partial charge in [-0.25, -0.2) is 0 Å². The topological polar surface area (TPSA) is 25.2 Å². The van der Waals surface area contributed by atoms with Gasteiger partial charge in [0.25, 0.3) is 0 Å². The van der Waals surface area contributed by atoms with Crippen LogP contribution in [0.15, 0.2) is 48.0 Å². The molecule has 0 bridgehead atoms. The summed E-state index contributed by atoms with van der Waals surface area (Å²) in [5.74, 6) is 0.117. The smallest absolute Gasteiger partial charge is 0.246 e. The molecule has 21 heavy (non-hydrogen) atoms. The first-order chi connectivity index (χ1) is 10.2. The van der Waals surface area contributed by atoms with Gasteiger partial charge < -0.3 is 9.47 Å². The summed E-state index contributed by atoms with van der Waals surface area (Å²) in [5.41, 5.74) is 3.27. The quantitative estimate of drug-likeness (QED) is 0.713. The van der Waals surface area contributed by atoms with Crippen LogP contribution in [-0.2, 0) is 11.3 Å². The van der Waals surface area contributed by atoms with Crippen LogP contribution in [0, 0.1) is 6.92 Å². The van der Waals surface area contributed by atoms with Crippen LogP contribution in [0.2, 0.25) is 0 Å². The van der Waals surface area contributed by atoms with Crippen molar-refractivity contribution in [2.45, 2.75) is 20.4 Å². The average Bonchev–Trinajstić information content (AvgIpc) is 3.05. The molecule has 4 heteroatoms. The van der Waals surface area contributed by atoms with E-state index in [9.17, 15) is 4.79 Å². The minimum Gasteiger partial charge on any atom is -0.337 e. The van der Waals surface area contributed by atoms with Gasteiger partial charge in [-0.15, -0.1) is 11.3 Å². The van der Waals surface area contributed by atoms with Crippen molar-refractivity contribution in [2.75, 3.05) is 11.4 Å². The lowest BCUT2D eigenvalue weighted by atomic mass is 10.2. The summed E-state index contributed by atoms with van der Waals surface area (Å²) in [6, 6.07) is 12.2. The molecule has 0 fully saturated rings. The molecule has 1 amide bonds. The molecule has 2 aromatic heterocycles. The number of amides is 1. The van der Waals surface area contributed by atoms with E-state index in [1.54, 1.807) is 11.3 Å². The number of rotatable bonds is 4. The van der Waals surface area contributed by atoms with Gasteiger partial charge in [0.15, 0.2) is 0 Å². The molecule has 1 aromatic carbocycles. The highest BCUT2D eigenvalue weighted by atomic mass is 32.1. The van der Waals surface area contributed by atoms with Gasteiger partial charge >= 0.3 is 0 Å². The van der Waals surface area contributed by atoms with E-state index in [-0.39, 0.29) is 5.91 Å². The first kappa shape index (κ1) is 13.9. The van der Waals surface area contributed by atoms with Crippen molar-refractivity contribution in [2.24, 2.45) is 0 Å². The van der Waals surface area contributed by atoms with Crippen molar-refractivity contribution in [3.05, 3.63) is 53.5 Å². The maximum absolute atomic E-state index is 12.6. The van der Waals surface area contributed by atoms with Crippen LogP contribution in [-0.4, -0.2) is 17.0 Å². The predicted molar refractivity (Wildman–Crippen MR) is 89.0 cm³/mol. The maximum atomic E-state index is 12.6. The normalized spacial score (nSPS) is 11.0. The number of carbonyl (C=O) groups excluding carboxylic acids is 1. The largest absolute Gasteiger partial charge is 0.337 e. The van der Waals surface area contributed by atoms with Gasteiger partial charge in [0.2, 0.25) is 5.91 Å². The van der Waals surface area contributed by atoms with Gasteiger partial charge in [-0.1, -0.05) is 12.1 Å². The van der Waals surface area contributed by atoms with E-state index in [1.165, 1.54) is 10.3 Å². The zero-order valence-electron chi connectivity index (χ0n) is 12.2. The van der Waals surface area contributed by atoms with Crippen molar-refractivity contribution in [3.8, 4) is 0 Å². The van der Waals surface area contributed by atoms with Gasteiger partial charge in [0.1, 0.15) is 6.54 Å². The molecular weight excluding hydrogens is 280 g/mol. The van der Waals surface area contributed by atoms with E-state index in [4.69, 9.17) is 0 Å². The third kappa shape index (κ3) is 2.72. The Morgan fingerprint density at radius 2 is 2.14 bits per heavy atom. The number of aryl methyl sites for hydroxylation is 1. The minimum absolute atomic E-state index is 0.117. The Morgan fingerprint density at radius 3 is 2.90 bits per heavy atom. The molecule has 0 radical (unpaired) electrons. The number of thiophene rings is 1. The summed E-state index contributed by atoms with van der Waals surface area (Å²) in [7, 11) is 0. The zero-order valence-corrected chi connectivity index (χ0v) is 13.1. The summed E-state index contributed by atoms with van der Waals surface area (Å²) < 4.78 is 3.24. The second-order valence-corrected chi connectivity index (χ2v) is 6.04. The first-order valence-corrected chi connectivity index (χ1v) is 7.96. The number of anilines is 1. The SMILES string of the molecule is CCN(C(=O)Cn1ccc2sccc21)c1cccc(C)c1. The highest BCUT2D eigenvalue weighted by Crippen LogP contribution is 2.22. The molecule has 0 saturated carbocycles. The summed E-state index contributed by atoms with van der Waals surface area (Å²) in [5, 5.41) is 2.06. The molecule has 0 spiro atoms. The number of benzene rings is 1. The van der Waals surface area contributed by atoms with E-state index in [0.717, 1.165) is 11.2 Å². The molecule has 0 saturated heterocycles. The number of hydrogen-bond acceptors (Lipinski definition) is 2. The fourth-order valence-electron chi connectivity index (χ4n) is 2.58. The molecule has 0 unspecified atom stereocenters. The molecule has 3 rings (SSSR count). The Balaban J connectivity index is 1.84. The Morgan fingerprint density at radius 1 is 1.29 bits per heavy atom. The van der Waals surface area contributed by atoms with E-state index >= 15 is 0 Å². The van der Waals surface area contributed by atoms with Crippen LogP contribution in [0.25, 0.3) is 10.2 Å². The molecular formula is C17H18N2OS. The Labute approximate surface area is 128 Å². The Hall–Kier alpha value is -2.07. The molecule has 2 heterocycles. The van der Waals surface area contributed by atoms with E-state index in [2.05, 4.69) is 23.6 Å². The van der Waals surface area contributed by atoms with Crippen molar-refractivity contribution >= 4 is 33.1 Å². The number of fused-ring (bicyclic) bond motifs is 1. The van der Waals surface area contributed by atoms with Gasteiger partial charge in [-0.2, -0.15) is 0 Å². The zero-order chi connectivity index (χ0) is 14.8. The van der Waals surface area contributed by atoms with Gasteiger partial charge in [-0.3, -0.25) is 4.79 Å². The van der Waals surface area contributed by atoms with E-state index in [0.29, 0.717) is 13.1 Å². The number of aromatic nitrogens is 1. The Bertz CT molecular complexity index is 772. The number of carbonyl (C=O) groups is 1. The monoisotopic (exact) mass is 298 g/mol. The Kier molecular flexibility index (Phi) is 3.80. The maximum Gasteiger partial charge on any atom is 0.246 e. The van der Waals surface area contributed by atoms with Crippen LogP contribution in [0.4, 0.5) is 5.69 Å². The fraction of sp³-hybridized carbons (Fsp3) is 0.235. The number of hydrogen-bond donors (Lipinski definition) is 0. The summed E-state index contributed by atoms with van der Waals surface area (Å²) in [4.78, 5) is 14.5. The third-order valence-electron chi connectivity index (χ3n) is 3.62. The molecule has 0 aliphatic heterocycles. The van der Waals surface area contributed by atoms with Crippen molar-refractivity contribution in [3.63, 3.8) is 0 Å². The molecule has 0 aliphatic carbocycles. The molecule has 3 nitrogen and oxygen atoms in total. The molecule has 0 atom stereocenters. The van der Waals surface area contributed by atoms with Crippen LogP contribution in [0.1, 0.15) is 12.5 Å².